The lowest BCUT2D eigenvalue weighted by molar-refractivity contribution is -0.129. The Morgan fingerprint density at radius 3 is 2.59 bits per heavy atom. The summed E-state index contributed by atoms with van der Waals surface area (Å²) in [5, 5.41) is 8.29. The third-order valence-electron chi connectivity index (χ3n) is 4.01. The van der Waals surface area contributed by atoms with Crippen molar-refractivity contribution >= 4 is 11.7 Å². The zero-order valence-corrected chi connectivity index (χ0v) is 10.7. The molecule has 1 amide bonds. The first-order valence-corrected chi connectivity index (χ1v) is 6.76. The van der Waals surface area contributed by atoms with Gasteiger partial charge < -0.3 is 9.80 Å². The number of likely N-dealkylation sites (N-methyl/N-ethyl adjacent to an activating group) is 1. The fraction of sp³-hybridized carbons (Fsp3) is 0.846. The van der Waals surface area contributed by atoms with Crippen molar-refractivity contribution in [1.29, 1.82) is 5.41 Å². The molecular weight excluding hydrogens is 214 g/mol. The van der Waals surface area contributed by atoms with Gasteiger partial charge in [-0.1, -0.05) is 19.3 Å². The zero-order valence-electron chi connectivity index (χ0n) is 10.7. The maximum Gasteiger partial charge on any atom is 0.241 e. The summed E-state index contributed by atoms with van der Waals surface area (Å²) in [5.74, 6) is 1.27. The van der Waals surface area contributed by atoms with Gasteiger partial charge in [0.1, 0.15) is 0 Å². The number of carbonyl (C=O) groups excluding carboxylic acids is 1. The Hall–Kier alpha value is -1.06. The normalized spacial score (nSPS) is 23.7. The molecule has 0 radical (unpaired) electrons. The smallest absolute Gasteiger partial charge is 0.241 e. The third-order valence-corrected chi connectivity index (χ3v) is 4.01. The van der Waals surface area contributed by atoms with Crippen molar-refractivity contribution in [2.24, 2.45) is 5.92 Å². The summed E-state index contributed by atoms with van der Waals surface area (Å²) < 4.78 is 0. The van der Waals surface area contributed by atoms with Crippen LogP contribution in [0, 0.1) is 11.3 Å². The van der Waals surface area contributed by atoms with Gasteiger partial charge in [-0.3, -0.25) is 10.2 Å². The van der Waals surface area contributed by atoms with Gasteiger partial charge in [-0.05, 0) is 19.3 Å². The van der Waals surface area contributed by atoms with E-state index < -0.39 is 0 Å². The van der Waals surface area contributed by atoms with Gasteiger partial charge in [0.2, 0.25) is 5.91 Å². The first-order valence-electron chi connectivity index (χ1n) is 6.76. The lowest BCUT2D eigenvalue weighted by Gasteiger charge is -2.30. The van der Waals surface area contributed by atoms with E-state index in [1.807, 2.05) is 11.9 Å². The van der Waals surface area contributed by atoms with Crippen LogP contribution in [0.15, 0.2) is 0 Å². The van der Waals surface area contributed by atoms with Crippen LogP contribution in [-0.4, -0.2) is 48.2 Å². The predicted octanol–water partition coefficient (Wildman–Crippen LogP) is 1.71. The maximum atomic E-state index is 11.8. The number of nitrogens with zero attached hydrogens (tertiary/aromatic N) is 2. The molecule has 0 unspecified atom stereocenters. The summed E-state index contributed by atoms with van der Waals surface area (Å²) in [5.41, 5.74) is 0. The summed E-state index contributed by atoms with van der Waals surface area (Å²) in [6.45, 7) is 2.10. The lowest BCUT2D eigenvalue weighted by Crippen LogP contribution is -2.41. The van der Waals surface area contributed by atoms with Gasteiger partial charge in [0.05, 0.1) is 12.4 Å². The van der Waals surface area contributed by atoms with Crippen LogP contribution in [0.25, 0.3) is 0 Å². The van der Waals surface area contributed by atoms with E-state index in [-0.39, 0.29) is 5.91 Å². The van der Waals surface area contributed by atoms with Crippen LogP contribution in [0.2, 0.25) is 0 Å². The summed E-state index contributed by atoms with van der Waals surface area (Å²) in [7, 11) is 1.86. The molecule has 0 aromatic heterocycles. The number of nitrogens with one attached hydrogen (secondary N) is 1. The lowest BCUT2D eigenvalue weighted by atomic mass is 9.88. The molecule has 0 spiro atoms. The molecule has 1 aliphatic carbocycles. The second kappa shape index (κ2) is 5.52. The van der Waals surface area contributed by atoms with Crippen molar-refractivity contribution in [2.75, 3.05) is 26.7 Å². The molecule has 0 atom stereocenters. The Morgan fingerprint density at radius 2 is 1.88 bits per heavy atom. The third kappa shape index (κ3) is 2.99. The molecule has 17 heavy (non-hydrogen) atoms. The number of amidine groups is 1. The van der Waals surface area contributed by atoms with Crippen molar-refractivity contribution in [3.8, 4) is 0 Å². The largest absolute Gasteiger partial charge is 0.351 e. The van der Waals surface area contributed by atoms with E-state index in [4.69, 9.17) is 5.41 Å². The molecular formula is C13H23N3O. The van der Waals surface area contributed by atoms with E-state index in [9.17, 15) is 4.79 Å². The minimum atomic E-state index is 0.156. The maximum absolute atomic E-state index is 11.8. The van der Waals surface area contributed by atoms with Crippen LogP contribution in [0.4, 0.5) is 0 Å². The molecule has 1 saturated heterocycles. The van der Waals surface area contributed by atoms with Crippen molar-refractivity contribution in [3.05, 3.63) is 0 Å². The number of carbonyl (C=O) groups is 1. The first-order chi connectivity index (χ1) is 8.18. The molecule has 2 fully saturated rings. The van der Waals surface area contributed by atoms with Gasteiger partial charge in [-0.25, -0.2) is 0 Å². The quantitative estimate of drug-likeness (QED) is 0.557. The summed E-state index contributed by atoms with van der Waals surface area (Å²) >= 11 is 0. The molecule has 1 N–H and O–H groups in total. The van der Waals surface area contributed by atoms with Crippen LogP contribution >= 0.6 is 0 Å². The summed E-state index contributed by atoms with van der Waals surface area (Å²) in [6.07, 6.45) is 7.06. The van der Waals surface area contributed by atoms with E-state index in [0.29, 0.717) is 18.3 Å². The fourth-order valence-electron chi connectivity index (χ4n) is 2.83. The van der Waals surface area contributed by atoms with Crippen molar-refractivity contribution in [2.45, 2.75) is 38.5 Å². The molecule has 4 nitrogen and oxygen atoms in total. The Kier molecular flexibility index (Phi) is 4.02. The minimum Gasteiger partial charge on any atom is -0.351 e. The van der Waals surface area contributed by atoms with Gasteiger partial charge in [-0.2, -0.15) is 0 Å². The number of rotatable bonds is 1. The van der Waals surface area contributed by atoms with E-state index >= 15 is 0 Å². The zero-order chi connectivity index (χ0) is 12.3. The summed E-state index contributed by atoms with van der Waals surface area (Å²) in [6, 6.07) is 0. The fourth-order valence-corrected chi connectivity index (χ4v) is 2.83. The molecule has 0 aromatic carbocycles. The average Bonchev–Trinajstić information content (AvgIpc) is 2.52. The molecule has 0 aromatic rings. The summed E-state index contributed by atoms with van der Waals surface area (Å²) in [4.78, 5) is 15.6. The van der Waals surface area contributed by atoms with Crippen LogP contribution in [0.5, 0.6) is 0 Å². The Labute approximate surface area is 103 Å². The highest BCUT2D eigenvalue weighted by Gasteiger charge is 2.26. The van der Waals surface area contributed by atoms with Crippen LogP contribution in [0.1, 0.15) is 38.5 Å². The molecule has 96 valence electrons. The van der Waals surface area contributed by atoms with Gasteiger partial charge in [0.25, 0.3) is 0 Å². The second-order valence-corrected chi connectivity index (χ2v) is 5.31. The van der Waals surface area contributed by atoms with E-state index in [0.717, 1.165) is 32.4 Å². The van der Waals surface area contributed by atoms with Gasteiger partial charge in [0, 0.05) is 26.1 Å². The number of amides is 1. The Morgan fingerprint density at radius 1 is 1.18 bits per heavy atom. The van der Waals surface area contributed by atoms with Gasteiger partial charge in [-0.15, -0.1) is 0 Å². The number of hydrogen-bond donors (Lipinski definition) is 1. The average molecular weight is 237 g/mol. The standard InChI is InChI=1S/C13H23N3O/c1-15-8-5-9-16(10-12(15)17)13(14)11-6-3-2-4-7-11/h11,14H,2-10H2,1H3. The number of hydrogen-bond acceptors (Lipinski definition) is 2. The second-order valence-electron chi connectivity index (χ2n) is 5.31. The first kappa shape index (κ1) is 12.4. The van der Waals surface area contributed by atoms with Crippen LogP contribution in [0.3, 0.4) is 0 Å². The Bertz CT molecular complexity index is 297. The topological polar surface area (TPSA) is 47.4 Å². The molecule has 1 heterocycles. The van der Waals surface area contributed by atoms with Crippen molar-refractivity contribution in [1.82, 2.24) is 9.80 Å². The highest BCUT2D eigenvalue weighted by molar-refractivity contribution is 5.87. The molecule has 2 aliphatic rings. The minimum absolute atomic E-state index is 0.156. The molecule has 0 bridgehead atoms. The predicted molar refractivity (Wildman–Crippen MR) is 68.1 cm³/mol. The molecule has 2 rings (SSSR count). The molecule has 4 heteroatoms. The van der Waals surface area contributed by atoms with Crippen LogP contribution in [-0.2, 0) is 4.79 Å². The van der Waals surface area contributed by atoms with Crippen molar-refractivity contribution < 1.29 is 4.79 Å². The highest BCUT2D eigenvalue weighted by Crippen LogP contribution is 2.26. The van der Waals surface area contributed by atoms with E-state index in [1.54, 1.807) is 4.90 Å². The van der Waals surface area contributed by atoms with Crippen molar-refractivity contribution in [3.63, 3.8) is 0 Å². The van der Waals surface area contributed by atoms with Crippen LogP contribution < -0.4 is 0 Å². The monoisotopic (exact) mass is 237 g/mol. The SMILES string of the molecule is CN1CCCN(C(=N)C2CCCCC2)CC1=O. The molecule has 1 saturated carbocycles. The van der Waals surface area contributed by atoms with Gasteiger partial charge in [0.15, 0.2) is 0 Å². The molecule has 1 aliphatic heterocycles. The van der Waals surface area contributed by atoms with E-state index in [1.165, 1.54) is 19.3 Å². The van der Waals surface area contributed by atoms with Gasteiger partial charge >= 0.3 is 0 Å². The highest BCUT2D eigenvalue weighted by atomic mass is 16.2. The Balaban J connectivity index is 1.95. The van der Waals surface area contributed by atoms with E-state index in [2.05, 4.69) is 0 Å².